The maximum atomic E-state index is 14.4. The van der Waals surface area contributed by atoms with Crippen molar-refractivity contribution in [1.29, 1.82) is 0 Å². The van der Waals surface area contributed by atoms with E-state index in [0.29, 0.717) is 24.3 Å². The van der Waals surface area contributed by atoms with Gasteiger partial charge in [0, 0.05) is 32.4 Å². The van der Waals surface area contributed by atoms with Gasteiger partial charge in [-0.25, -0.2) is 12.8 Å². The number of piperazine rings is 1. The third-order valence-electron chi connectivity index (χ3n) is 5.96. The molecular weight excluding hydrogens is 476 g/mol. The summed E-state index contributed by atoms with van der Waals surface area (Å²) in [5.74, 6) is -0.657. The van der Waals surface area contributed by atoms with Gasteiger partial charge in [0.25, 0.3) is 5.91 Å². The predicted molar refractivity (Wildman–Crippen MR) is 117 cm³/mol. The summed E-state index contributed by atoms with van der Waals surface area (Å²) in [7, 11) is -3.55. The van der Waals surface area contributed by atoms with Gasteiger partial charge in [-0.15, -0.1) is 0 Å². The standard InChI is InChI=1S/C23H24F4N2O4S/c1-34(31,32)17-5-7-21(33-14-15-2-3-15)18(13-17)22(30)29-10-8-28(9-11-29)20-6-4-16(12-19(20)24)23(25,26)27/h4-7,12-13,15H,2-3,8-11,14H2,1H3. The third kappa shape index (κ3) is 5.45. The van der Waals surface area contributed by atoms with Gasteiger partial charge in [0.05, 0.1) is 28.3 Å². The summed E-state index contributed by atoms with van der Waals surface area (Å²) >= 11 is 0. The molecule has 0 aromatic heterocycles. The maximum Gasteiger partial charge on any atom is 0.416 e. The van der Waals surface area contributed by atoms with Crippen LogP contribution in [0.1, 0.15) is 28.8 Å². The lowest BCUT2D eigenvalue weighted by Crippen LogP contribution is -2.49. The van der Waals surface area contributed by atoms with Crippen molar-refractivity contribution in [1.82, 2.24) is 4.90 Å². The lowest BCUT2D eigenvalue weighted by atomic mass is 10.1. The summed E-state index contributed by atoms with van der Waals surface area (Å²) in [6, 6.07) is 6.58. The lowest BCUT2D eigenvalue weighted by Gasteiger charge is -2.36. The number of hydrogen-bond acceptors (Lipinski definition) is 5. The van der Waals surface area contributed by atoms with Gasteiger partial charge in [0.1, 0.15) is 11.6 Å². The van der Waals surface area contributed by atoms with E-state index >= 15 is 0 Å². The molecule has 34 heavy (non-hydrogen) atoms. The van der Waals surface area contributed by atoms with Crippen molar-refractivity contribution in [2.24, 2.45) is 5.92 Å². The number of rotatable bonds is 6. The number of anilines is 1. The zero-order valence-electron chi connectivity index (χ0n) is 18.4. The Kier molecular flexibility index (Phi) is 6.50. The maximum absolute atomic E-state index is 14.4. The number of carbonyl (C=O) groups is 1. The zero-order valence-corrected chi connectivity index (χ0v) is 19.3. The van der Waals surface area contributed by atoms with Crippen molar-refractivity contribution in [2.75, 3.05) is 43.9 Å². The first-order valence-electron chi connectivity index (χ1n) is 10.8. The van der Waals surface area contributed by atoms with E-state index < -0.39 is 33.3 Å². The first kappa shape index (κ1) is 24.3. The molecule has 1 saturated heterocycles. The van der Waals surface area contributed by atoms with Gasteiger partial charge in [-0.3, -0.25) is 4.79 Å². The van der Waals surface area contributed by atoms with E-state index in [2.05, 4.69) is 0 Å². The van der Waals surface area contributed by atoms with E-state index in [-0.39, 0.29) is 42.3 Å². The predicted octanol–water partition coefficient (Wildman–Crippen LogP) is 4.00. The fraction of sp³-hybridized carbons (Fsp3) is 0.435. The second-order valence-electron chi connectivity index (χ2n) is 8.63. The van der Waals surface area contributed by atoms with Gasteiger partial charge in [-0.05, 0) is 55.2 Å². The topological polar surface area (TPSA) is 66.9 Å². The highest BCUT2D eigenvalue weighted by atomic mass is 32.2. The molecule has 1 aliphatic carbocycles. The molecular formula is C23H24F4N2O4S. The molecule has 184 valence electrons. The lowest BCUT2D eigenvalue weighted by molar-refractivity contribution is -0.137. The Morgan fingerprint density at radius 3 is 2.29 bits per heavy atom. The van der Waals surface area contributed by atoms with E-state index in [0.717, 1.165) is 31.2 Å². The number of hydrogen-bond donors (Lipinski definition) is 0. The van der Waals surface area contributed by atoms with E-state index in [1.165, 1.54) is 23.1 Å². The Balaban J connectivity index is 1.49. The normalized spacial score (nSPS) is 17.1. The molecule has 6 nitrogen and oxygen atoms in total. The van der Waals surface area contributed by atoms with Crippen LogP contribution in [-0.2, 0) is 16.0 Å². The molecule has 0 radical (unpaired) electrons. The van der Waals surface area contributed by atoms with Crippen LogP contribution in [0.25, 0.3) is 0 Å². The highest BCUT2D eigenvalue weighted by Crippen LogP contribution is 2.34. The number of carbonyl (C=O) groups excluding carboxylic acids is 1. The van der Waals surface area contributed by atoms with E-state index in [4.69, 9.17) is 4.74 Å². The molecule has 4 rings (SSSR count). The number of amides is 1. The van der Waals surface area contributed by atoms with Crippen LogP contribution in [0.4, 0.5) is 23.2 Å². The van der Waals surface area contributed by atoms with Crippen LogP contribution in [0.3, 0.4) is 0 Å². The van der Waals surface area contributed by atoms with Gasteiger partial charge >= 0.3 is 6.18 Å². The Labute approximate surface area is 195 Å². The van der Waals surface area contributed by atoms with E-state index in [1.54, 1.807) is 4.90 Å². The minimum atomic E-state index is -4.63. The minimum Gasteiger partial charge on any atom is -0.492 e. The van der Waals surface area contributed by atoms with Crippen LogP contribution >= 0.6 is 0 Å². The highest BCUT2D eigenvalue weighted by molar-refractivity contribution is 7.90. The molecule has 0 N–H and O–H groups in total. The number of sulfone groups is 1. The van der Waals surface area contributed by atoms with E-state index in [1.807, 2.05) is 0 Å². The molecule has 0 atom stereocenters. The van der Waals surface area contributed by atoms with Crippen molar-refractivity contribution in [3.05, 3.63) is 53.3 Å². The Morgan fingerprint density at radius 1 is 1.06 bits per heavy atom. The second-order valence-corrected chi connectivity index (χ2v) is 10.6. The van der Waals surface area contributed by atoms with E-state index in [9.17, 15) is 30.8 Å². The zero-order chi connectivity index (χ0) is 24.7. The fourth-order valence-corrected chi connectivity index (χ4v) is 4.43. The van der Waals surface area contributed by atoms with Gasteiger partial charge in [-0.2, -0.15) is 13.2 Å². The molecule has 0 unspecified atom stereocenters. The van der Waals surface area contributed by atoms with Crippen molar-refractivity contribution in [2.45, 2.75) is 23.9 Å². The van der Waals surface area contributed by atoms with Crippen molar-refractivity contribution in [3.8, 4) is 5.75 Å². The number of benzene rings is 2. The highest BCUT2D eigenvalue weighted by Gasteiger charge is 2.32. The van der Waals surface area contributed by atoms with Crippen LogP contribution in [0, 0.1) is 11.7 Å². The summed E-state index contributed by atoms with van der Waals surface area (Å²) in [6.45, 7) is 1.23. The Morgan fingerprint density at radius 2 is 1.74 bits per heavy atom. The SMILES string of the molecule is CS(=O)(=O)c1ccc(OCC2CC2)c(C(=O)N2CCN(c3ccc(C(F)(F)F)cc3F)CC2)c1. The monoisotopic (exact) mass is 500 g/mol. The summed E-state index contributed by atoms with van der Waals surface area (Å²) in [6.07, 6.45) is -1.48. The van der Waals surface area contributed by atoms with Gasteiger partial charge in [-0.1, -0.05) is 0 Å². The van der Waals surface area contributed by atoms with Gasteiger partial charge in [0.2, 0.25) is 0 Å². The largest absolute Gasteiger partial charge is 0.492 e. The average Bonchev–Trinajstić information content (AvgIpc) is 3.60. The van der Waals surface area contributed by atoms with Crippen molar-refractivity contribution < 1.29 is 35.5 Å². The molecule has 1 heterocycles. The molecule has 11 heteroatoms. The molecule has 2 aliphatic rings. The third-order valence-corrected chi connectivity index (χ3v) is 7.07. The Hall–Kier alpha value is -2.82. The average molecular weight is 501 g/mol. The molecule has 1 saturated carbocycles. The number of halogens is 4. The molecule has 2 fully saturated rings. The molecule has 1 amide bonds. The van der Waals surface area contributed by atoms with Gasteiger partial charge < -0.3 is 14.5 Å². The molecule has 1 aliphatic heterocycles. The molecule has 0 spiro atoms. The first-order chi connectivity index (χ1) is 15.9. The van der Waals surface area contributed by atoms with Crippen LogP contribution in [0.2, 0.25) is 0 Å². The smallest absolute Gasteiger partial charge is 0.416 e. The first-order valence-corrected chi connectivity index (χ1v) is 12.7. The minimum absolute atomic E-state index is 0.0000772. The van der Waals surface area contributed by atoms with Crippen molar-refractivity contribution >= 4 is 21.4 Å². The van der Waals surface area contributed by atoms with Crippen LogP contribution in [-0.4, -0.2) is 58.3 Å². The fourth-order valence-electron chi connectivity index (χ4n) is 3.79. The van der Waals surface area contributed by atoms with Crippen LogP contribution in [0.5, 0.6) is 5.75 Å². The number of ether oxygens (including phenoxy) is 1. The Bertz CT molecular complexity index is 1190. The van der Waals surface area contributed by atoms with Crippen LogP contribution in [0.15, 0.2) is 41.3 Å². The molecule has 0 bridgehead atoms. The number of nitrogens with zero attached hydrogens (tertiary/aromatic N) is 2. The quantitative estimate of drug-likeness (QED) is 0.561. The molecule has 2 aromatic carbocycles. The summed E-state index contributed by atoms with van der Waals surface area (Å²) in [5.41, 5.74) is -0.891. The van der Waals surface area contributed by atoms with Crippen LogP contribution < -0.4 is 9.64 Å². The summed E-state index contributed by atoms with van der Waals surface area (Å²) in [4.78, 5) is 16.3. The summed E-state index contributed by atoms with van der Waals surface area (Å²) < 4.78 is 82.6. The van der Waals surface area contributed by atoms with Crippen molar-refractivity contribution in [3.63, 3.8) is 0 Å². The summed E-state index contributed by atoms with van der Waals surface area (Å²) in [5, 5.41) is 0. The second kappa shape index (κ2) is 9.09. The number of alkyl halides is 3. The molecule has 2 aromatic rings. The van der Waals surface area contributed by atoms with Gasteiger partial charge in [0.15, 0.2) is 9.84 Å².